The molecule has 1 saturated heterocycles. The van der Waals surface area contributed by atoms with E-state index in [-0.39, 0.29) is 6.61 Å². The van der Waals surface area contributed by atoms with Gasteiger partial charge < -0.3 is 14.5 Å². The molecule has 1 aromatic rings. The molecule has 0 aromatic carbocycles. The van der Waals surface area contributed by atoms with E-state index >= 15 is 0 Å². The smallest absolute Gasteiger partial charge is 0.326 e. The highest BCUT2D eigenvalue weighted by Gasteiger charge is 2.51. The molecule has 0 saturated carbocycles. The van der Waals surface area contributed by atoms with Crippen molar-refractivity contribution in [3.8, 4) is 0 Å². The van der Waals surface area contributed by atoms with Crippen LogP contribution < -0.4 is 5.32 Å². The molecule has 3 amide bonds. The molecule has 0 aliphatic carbocycles. The Labute approximate surface area is 122 Å². The summed E-state index contributed by atoms with van der Waals surface area (Å²) >= 11 is 0. The molecule has 1 N–H and O–H groups in total. The van der Waals surface area contributed by atoms with E-state index in [9.17, 15) is 14.4 Å². The SMILES string of the molecule is CCCCOC(=O)CN1C(=O)NC(C)(c2ccco2)C1=O. The van der Waals surface area contributed by atoms with Crippen LogP contribution in [0.2, 0.25) is 0 Å². The van der Waals surface area contributed by atoms with Crippen molar-refractivity contribution in [3.05, 3.63) is 24.2 Å². The molecule has 0 bridgehead atoms. The second kappa shape index (κ2) is 5.99. The number of ether oxygens (including phenoxy) is 1. The van der Waals surface area contributed by atoms with Crippen LogP contribution in [0.1, 0.15) is 32.4 Å². The van der Waals surface area contributed by atoms with Crippen LogP contribution in [-0.4, -0.2) is 36.0 Å². The first-order chi connectivity index (χ1) is 9.99. The van der Waals surface area contributed by atoms with Gasteiger partial charge in [0.1, 0.15) is 12.3 Å². The zero-order valence-corrected chi connectivity index (χ0v) is 12.0. The van der Waals surface area contributed by atoms with Gasteiger partial charge in [0.15, 0.2) is 5.54 Å². The maximum Gasteiger partial charge on any atom is 0.326 e. The van der Waals surface area contributed by atoms with Crippen molar-refractivity contribution in [2.45, 2.75) is 32.2 Å². The van der Waals surface area contributed by atoms with Crippen molar-refractivity contribution < 1.29 is 23.5 Å². The van der Waals surface area contributed by atoms with Crippen LogP contribution >= 0.6 is 0 Å². The lowest BCUT2D eigenvalue weighted by Crippen LogP contribution is -2.41. The number of rotatable bonds is 6. The summed E-state index contributed by atoms with van der Waals surface area (Å²) < 4.78 is 10.2. The molecule has 21 heavy (non-hydrogen) atoms. The van der Waals surface area contributed by atoms with Crippen molar-refractivity contribution in [1.29, 1.82) is 0 Å². The van der Waals surface area contributed by atoms with Gasteiger partial charge in [-0.05, 0) is 25.5 Å². The van der Waals surface area contributed by atoms with Gasteiger partial charge in [0.25, 0.3) is 5.91 Å². The molecule has 2 heterocycles. The fraction of sp³-hybridized carbons (Fsp3) is 0.500. The Morgan fingerprint density at radius 3 is 2.86 bits per heavy atom. The summed E-state index contributed by atoms with van der Waals surface area (Å²) in [6.07, 6.45) is 3.06. The van der Waals surface area contributed by atoms with Crippen LogP contribution in [0.25, 0.3) is 0 Å². The lowest BCUT2D eigenvalue weighted by Gasteiger charge is -2.18. The van der Waals surface area contributed by atoms with Gasteiger partial charge in [0, 0.05) is 0 Å². The Morgan fingerprint density at radius 1 is 1.48 bits per heavy atom. The number of carbonyl (C=O) groups is 3. The maximum atomic E-state index is 12.4. The third-order valence-electron chi connectivity index (χ3n) is 3.34. The van der Waals surface area contributed by atoms with Gasteiger partial charge in [-0.2, -0.15) is 0 Å². The van der Waals surface area contributed by atoms with E-state index in [0.717, 1.165) is 17.7 Å². The predicted molar refractivity (Wildman–Crippen MR) is 72.2 cm³/mol. The Kier molecular flexibility index (Phi) is 4.30. The first-order valence-corrected chi connectivity index (χ1v) is 6.82. The monoisotopic (exact) mass is 294 g/mol. The van der Waals surface area contributed by atoms with Crippen LogP contribution in [0.4, 0.5) is 4.79 Å². The van der Waals surface area contributed by atoms with Crippen molar-refractivity contribution >= 4 is 17.9 Å². The molecule has 1 aromatic heterocycles. The molecular formula is C14H18N2O5. The predicted octanol–water partition coefficient (Wildman–Crippen LogP) is 1.39. The van der Waals surface area contributed by atoms with Gasteiger partial charge in [-0.3, -0.25) is 14.5 Å². The standard InChI is InChI=1S/C14H18N2O5/c1-3-4-7-21-11(17)9-16-12(18)14(2,15-13(16)19)10-6-5-8-20-10/h5-6,8H,3-4,7,9H2,1-2H3,(H,15,19). The first-order valence-electron chi connectivity index (χ1n) is 6.82. The minimum absolute atomic E-state index is 0.286. The second-order valence-electron chi connectivity index (χ2n) is 5.00. The van der Waals surface area contributed by atoms with Crippen LogP contribution in [0.15, 0.2) is 22.8 Å². The molecule has 1 aliphatic rings. The van der Waals surface area contributed by atoms with Crippen molar-refractivity contribution in [2.75, 3.05) is 13.2 Å². The normalized spacial score (nSPS) is 21.5. The molecule has 1 atom stereocenters. The average molecular weight is 294 g/mol. The summed E-state index contributed by atoms with van der Waals surface area (Å²) in [4.78, 5) is 36.8. The zero-order chi connectivity index (χ0) is 15.5. The molecule has 0 spiro atoms. The Hall–Kier alpha value is -2.31. The van der Waals surface area contributed by atoms with Gasteiger partial charge >= 0.3 is 12.0 Å². The largest absolute Gasteiger partial charge is 0.466 e. The highest BCUT2D eigenvalue weighted by atomic mass is 16.5. The molecule has 2 rings (SSSR count). The number of carbonyl (C=O) groups excluding carboxylic acids is 3. The number of nitrogens with one attached hydrogen (secondary N) is 1. The second-order valence-corrected chi connectivity index (χ2v) is 5.00. The average Bonchev–Trinajstić information content (AvgIpc) is 3.04. The Balaban J connectivity index is 2.04. The molecule has 7 nitrogen and oxygen atoms in total. The Morgan fingerprint density at radius 2 is 2.24 bits per heavy atom. The van der Waals surface area contributed by atoms with E-state index in [0.29, 0.717) is 5.76 Å². The number of imide groups is 1. The molecule has 114 valence electrons. The van der Waals surface area contributed by atoms with Gasteiger partial charge in [-0.25, -0.2) is 4.79 Å². The number of furan rings is 1. The number of nitrogens with zero attached hydrogens (tertiary/aromatic N) is 1. The van der Waals surface area contributed by atoms with E-state index in [1.165, 1.54) is 13.2 Å². The number of urea groups is 1. The number of esters is 1. The fourth-order valence-corrected chi connectivity index (χ4v) is 2.08. The molecule has 1 fully saturated rings. The van der Waals surface area contributed by atoms with Gasteiger partial charge in [0.05, 0.1) is 12.9 Å². The third-order valence-corrected chi connectivity index (χ3v) is 3.34. The molecule has 7 heteroatoms. The van der Waals surface area contributed by atoms with E-state index in [2.05, 4.69) is 5.32 Å². The van der Waals surface area contributed by atoms with Crippen molar-refractivity contribution in [3.63, 3.8) is 0 Å². The van der Waals surface area contributed by atoms with E-state index in [1.807, 2.05) is 6.92 Å². The number of unbranched alkanes of at least 4 members (excludes halogenated alkanes) is 1. The Bertz CT molecular complexity index is 540. The highest BCUT2D eigenvalue weighted by Crippen LogP contribution is 2.28. The number of hydrogen-bond donors (Lipinski definition) is 1. The quantitative estimate of drug-likeness (QED) is 0.486. The van der Waals surface area contributed by atoms with Gasteiger partial charge in [-0.15, -0.1) is 0 Å². The van der Waals surface area contributed by atoms with E-state index < -0.39 is 30.0 Å². The fourth-order valence-electron chi connectivity index (χ4n) is 2.08. The van der Waals surface area contributed by atoms with Crippen molar-refractivity contribution in [2.24, 2.45) is 0 Å². The summed E-state index contributed by atoms with van der Waals surface area (Å²) in [6.45, 7) is 3.40. The summed E-state index contributed by atoms with van der Waals surface area (Å²) in [5.41, 5.74) is -1.29. The summed E-state index contributed by atoms with van der Waals surface area (Å²) in [5, 5.41) is 2.54. The van der Waals surface area contributed by atoms with Gasteiger partial charge in [-0.1, -0.05) is 13.3 Å². The maximum absolute atomic E-state index is 12.4. The van der Waals surface area contributed by atoms with Crippen LogP contribution in [0.3, 0.4) is 0 Å². The molecular weight excluding hydrogens is 276 g/mol. The minimum atomic E-state index is -1.29. The van der Waals surface area contributed by atoms with E-state index in [4.69, 9.17) is 9.15 Å². The van der Waals surface area contributed by atoms with Crippen molar-refractivity contribution in [1.82, 2.24) is 10.2 Å². The third kappa shape index (κ3) is 2.91. The topological polar surface area (TPSA) is 88.8 Å². The van der Waals surface area contributed by atoms with Crippen LogP contribution in [0.5, 0.6) is 0 Å². The molecule has 1 unspecified atom stereocenters. The first kappa shape index (κ1) is 15.1. The van der Waals surface area contributed by atoms with Crippen LogP contribution in [0, 0.1) is 0 Å². The van der Waals surface area contributed by atoms with Gasteiger partial charge in [0.2, 0.25) is 0 Å². The zero-order valence-electron chi connectivity index (χ0n) is 12.0. The molecule has 1 aliphatic heterocycles. The summed E-state index contributed by atoms with van der Waals surface area (Å²) in [7, 11) is 0. The van der Waals surface area contributed by atoms with Crippen LogP contribution in [-0.2, 0) is 19.9 Å². The lowest BCUT2D eigenvalue weighted by molar-refractivity contribution is -0.148. The highest BCUT2D eigenvalue weighted by molar-refractivity contribution is 6.08. The summed E-state index contributed by atoms with van der Waals surface area (Å²) in [5.74, 6) is -0.812. The minimum Gasteiger partial charge on any atom is -0.466 e. The number of amides is 3. The molecule has 0 radical (unpaired) electrons. The summed E-state index contributed by atoms with van der Waals surface area (Å²) in [6, 6.07) is 2.59. The number of hydrogen-bond acceptors (Lipinski definition) is 5. The van der Waals surface area contributed by atoms with E-state index in [1.54, 1.807) is 12.1 Å². The lowest BCUT2D eigenvalue weighted by atomic mass is 9.99.